The number of nitrogens with zero attached hydrogens (tertiary/aromatic N) is 1. The number of rotatable bonds is 4. The molecule has 0 heterocycles. The Hall–Kier alpha value is -2.62. The van der Waals surface area contributed by atoms with Gasteiger partial charge in [-0.25, -0.2) is 0 Å². The van der Waals surface area contributed by atoms with Crippen LogP contribution in [0.4, 0.5) is 11.4 Å². The van der Waals surface area contributed by atoms with E-state index in [0.29, 0.717) is 0 Å². The fourth-order valence-electron chi connectivity index (χ4n) is 3.23. The molecule has 27 heavy (non-hydrogen) atoms. The van der Waals surface area contributed by atoms with Gasteiger partial charge in [-0.1, -0.05) is 50.6 Å². The lowest BCUT2D eigenvalue weighted by Gasteiger charge is -2.24. The van der Waals surface area contributed by atoms with Crippen LogP contribution in [0.2, 0.25) is 0 Å². The van der Waals surface area contributed by atoms with Crippen molar-refractivity contribution in [3.8, 4) is 0 Å². The Balaban J connectivity index is 2.19. The molecule has 0 unspecified atom stereocenters. The zero-order valence-electron chi connectivity index (χ0n) is 17.4. The Morgan fingerprint density at radius 1 is 0.963 bits per heavy atom. The first kappa shape index (κ1) is 20.7. The molecular formula is C23H30N2O2. The van der Waals surface area contributed by atoms with Gasteiger partial charge in [0.2, 0.25) is 11.8 Å². The zero-order valence-corrected chi connectivity index (χ0v) is 17.4. The van der Waals surface area contributed by atoms with E-state index < -0.39 is 0 Å². The van der Waals surface area contributed by atoms with Crippen molar-refractivity contribution in [2.24, 2.45) is 0 Å². The maximum Gasteiger partial charge on any atom is 0.244 e. The number of aryl methyl sites for hydroxylation is 3. The van der Waals surface area contributed by atoms with Crippen LogP contribution in [0.1, 0.15) is 49.9 Å². The standard InChI is InChI=1S/C23H30N2O2/c1-15-12-16(2)22(17(3)13-15)24-21(27)14-25(18(4)26)20-10-8-19(9-11-20)23(5,6)7/h8-13H,14H2,1-7H3,(H,24,27). The minimum absolute atomic E-state index is 0.0169. The summed E-state index contributed by atoms with van der Waals surface area (Å²) >= 11 is 0. The summed E-state index contributed by atoms with van der Waals surface area (Å²) in [5, 5.41) is 2.96. The van der Waals surface area contributed by atoms with Gasteiger partial charge in [-0.05, 0) is 55.0 Å². The van der Waals surface area contributed by atoms with Crippen LogP contribution >= 0.6 is 0 Å². The van der Waals surface area contributed by atoms with Crippen LogP contribution in [0.25, 0.3) is 0 Å². The highest BCUT2D eigenvalue weighted by Crippen LogP contribution is 2.25. The summed E-state index contributed by atoms with van der Waals surface area (Å²) in [5.74, 6) is -0.369. The van der Waals surface area contributed by atoms with Crippen LogP contribution in [-0.4, -0.2) is 18.4 Å². The molecule has 2 aromatic carbocycles. The Morgan fingerprint density at radius 3 is 1.93 bits per heavy atom. The molecule has 0 aromatic heterocycles. The molecule has 4 heteroatoms. The van der Waals surface area contributed by atoms with Gasteiger partial charge in [0, 0.05) is 18.3 Å². The maximum absolute atomic E-state index is 12.6. The van der Waals surface area contributed by atoms with Crippen molar-refractivity contribution in [2.45, 2.75) is 53.9 Å². The number of hydrogen-bond donors (Lipinski definition) is 1. The van der Waals surface area contributed by atoms with Gasteiger partial charge in [0.1, 0.15) is 6.54 Å². The lowest BCUT2D eigenvalue weighted by atomic mass is 9.87. The summed E-state index contributed by atoms with van der Waals surface area (Å²) in [4.78, 5) is 26.3. The molecule has 0 atom stereocenters. The second-order valence-electron chi connectivity index (χ2n) is 8.22. The molecule has 0 aliphatic carbocycles. The van der Waals surface area contributed by atoms with E-state index in [2.05, 4.69) is 26.1 Å². The molecule has 144 valence electrons. The summed E-state index contributed by atoms with van der Waals surface area (Å²) in [5.41, 5.74) is 5.96. The van der Waals surface area contributed by atoms with E-state index in [1.807, 2.05) is 57.2 Å². The fraction of sp³-hybridized carbons (Fsp3) is 0.391. The maximum atomic E-state index is 12.6. The molecule has 2 amide bonds. The number of hydrogen-bond acceptors (Lipinski definition) is 2. The number of benzene rings is 2. The zero-order chi connectivity index (χ0) is 20.4. The molecule has 0 aliphatic heterocycles. The van der Waals surface area contributed by atoms with E-state index in [1.165, 1.54) is 17.4 Å². The highest BCUT2D eigenvalue weighted by molar-refractivity contribution is 6.02. The van der Waals surface area contributed by atoms with Crippen molar-refractivity contribution in [2.75, 3.05) is 16.8 Å². The second kappa shape index (κ2) is 7.95. The molecule has 0 saturated heterocycles. The van der Waals surface area contributed by atoms with E-state index in [1.54, 1.807) is 0 Å². The predicted octanol–water partition coefficient (Wildman–Crippen LogP) is 4.90. The highest BCUT2D eigenvalue weighted by Gasteiger charge is 2.19. The van der Waals surface area contributed by atoms with Crippen LogP contribution in [0.3, 0.4) is 0 Å². The normalized spacial score (nSPS) is 11.2. The van der Waals surface area contributed by atoms with Crippen LogP contribution < -0.4 is 10.2 Å². The first-order valence-corrected chi connectivity index (χ1v) is 9.25. The lowest BCUT2D eigenvalue weighted by Crippen LogP contribution is -2.37. The van der Waals surface area contributed by atoms with Crippen molar-refractivity contribution < 1.29 is 9.59 Å². The third-order valence-corrected chi connectivity index (χ3v) is 4.67. The van der Waals surface area contributed by atoms with E-state index in [-0.39, 0.29) is 23.8 Å². The Kier molecular flexibility index (Phi) is 6.09. The Labute approximate surface area is 162 Å². The van der Waals surface area contributed by atoms with Gasteiger partial charge in [0.05, 0.1) is 0 Å². The summed E-state index contributed by atoms with van der Waals surface area (Å²) < 4.78 is 0. The van der Waals surface area contributed by atoms with Gasteiger partial charge in [-0.3, -0.25) is 9.59 Å². The van der Waals surface area contributed by atoms with Gasteiger partial charge in [-0.15, -0.1) is 0 Å². The third kappa shape index (κ3) is 5.19. The molecule has 0 radical (unpaired) electrons. The average molecular weight is 367 g/mol. The highest BCUT2D eigenvalue weighted by atomic mass is 16.2. The second-order valence-corrected chi connectivity index (χ2v) is 8.22. The van der Waals surface area contributed by atoms with Crippen LogP contribution in [0.5, 0.6) is 0 Å². The van der Waals surface area contributed by atoms with Gasteiger partial charge in [-0.2, -0.15) is 0 Å². The van der Waals surface area contributed by atoms with E-state index >= 15 is 0 Å². The molecule has 0 saturated carbocycles. The molecule has 0 bridgehead atoms. The van der Waals surface area contributed by atoms with Crippen molar-refractivity contribution in [3.63, 3.8) is 0 Å². The minimum Gasteiger partial charge on any atom is -0.324 e. The summed E-state index contributed by atoms with van der Waals surface area (Å²) in [6, 6.07) is 11.9. The molecule has 2 rings (SSSR count). The lowest BCUT2D eigenvalue weighted by molar-refractivity contribution is -0.120. The molecular weight excluding hydrogens is 336 g/mol. The first-order chi connectivity index (χ1) is 12.5. The monoisotopic (exact) mass is 366 g/mol. The average Bonchev–Trinajstić information content (AvgIpc) is 2.55. The first-order valence-electron chi connectivity index (χ1n) is 9.25. The SMILES string of the molecule is CC(=O)N(CC(=O)Nc1c(C)cc(C)cc1C)c1ccc(C(C)(C)C)cc1. The van der Waals surface area contributed by atoms with Crippen molar-refractivity contribution in [1.82, 2.24) is 0 Å². The quantitative estimate of drug-likeness (QED) is 0.836. The van der Waals surface area contributed by atoms with Crippen LogP contribution in [0.15, 0.2) is 36.4 Å². The molecule has 4 nitrogen and oxygen atoms in total. The number of amides is 2. The fourth-order valence-corrected chi connectivity index (χ4v) is 3.23. The predicted molar refractivity (Wildman–Crippen MR) is 112 cm³/mol. The largest absolute Gasteiger partial charge is 0.324 e. The number of carbonyl (C=O) groups excluding carboxylic acids is 2. The van der Waals surface area contributed by atoms with E-state index in [4.69, 9.17) is 0 Å². The molecule has 0 aliphatic rings. The van der Waals surface area contributed by atoms with Crippen molar-refractivity contribution >= 4 is 23.2 Å². The van der Waals surface area contributed by atoms with Crippen molar-refractivity contribution in [1.29, 1.82) is 0 Å². The molecule has 1 N–H and O–H groups in total. The Bertz CT molecular complexity index is 823. The number of carbonyl (C=O) groups is 2. The minimum atomic E-state index is -0.208. The van der Waals surface area contributed by atoms with E-state index in [0.717, 1.165) is 28.1 Å². The van der Waals surface area contributed by atoms with Gasteiger partial charge >= 0.3 is 0 Å². The number of nitrogens with one attached hydrogen (secondary N) is 1. The van der Waals surface area contributed by atoms with Gasteiger partial charge in [0.25, 0.3) is 0 Å². The summed E-state index contributed by atoms with van der Waals surface area (Å²) in [7, 11) is 0. The number of anilines is 2. The topological polar surface area (TPSA) is 49.4 Å². The summed E-state index contributed by atoms with van der Waals surface area (Å²) in [6.07, 6.45) is 0. The Morgan fingerprint density at radius 2 is 1.48 bits per heavy atom. The molecule has 2 aromatic rings. The van der Waals surface area contributed by atoms with Gasteiger partial charge in [0.15, 0.2) is 0 Å². The molecule has 0 spiro atoms. The van der Waals surface area contributed by atoms with Crippen molar-refractivity contribution in [3.05, 3.63) is 58.7 Å². The smallest absolute Gasteiger partial charge is 0.244 e. The summed E-state index contributed by atoms with van der Waals surface area (Å²) in [6.45, 7) is 13.9. The van der Waals surface area contributed by atoms with E-state index in [9.17, 15) is 9.59 Å². The van der Waals surface area contributed by atoms with Gasteiger partial charge < -0.3 is 10.2 Å². The van der Waals surface area contributed by atoms with Crippen LogP contribution in [0, 0.1) is 20.8 Å². The molecule has 0 fully saturated rings. The van der Waals surface area contributed by atoms with Crippen LogP contribution in [-0.2, 0) is 15.0 Å². The third-order valence-electron chi connectivity index (χ3n) is 4.67.